The zero-order chi connectivity index (χ0) is 66.3. The van der Waals surface area contributed by atoms with E-state index in [0.29, 0.717) is 104 Å². The van der Waals surface area contributed by atoms with Crippen molar-refractivity contribution in [2.45, 2.75) is 6.92 Å². The lowest BCUT2D eigenvalue weighted by Gasteiger charge is -2.12. The number of hydrogen-bond donors (Lipinski definition) is 2. The first-order valence-corrected chi connectivity index (χ1v) is 34.2. The first-order chi connectivity index (χ1) is 45.0. The zero-order valence-corrected chi connectivity index (χ0v) is 55.6. The number of aryl methyl sites for hydroxylation is 3. The van der Waals surface area contributed by atoms with Crippen LogP contribution >= 0.6 is 85.3 Å². The lowest BCUT2D eigenvalue weighted by Crippen LogP contribution is -2.24. The Kier molecular flexibility index (Phi) is 18.4. The number of nitrogens with zero attached hydrogens (tertiary/aromatic N) is 14. The molecule has 29 heteroatoms. The maximum atomic E-state index is 13.7. The van der Waals surface area contributed by atoms with Crippen molar-refractivity contribution in [3.63, 3.8) is 0 Å². The number of nitrogens with one attached hydrogen (secondary N) is 2. The Bertz CT molecular complexity index is 5740. The highest BCUT2D eigenvalue weighted by atomic mass is 36.0. The third kappa shape index (κ3) is 14.0. The number of halogens is 7. The molecular weight excluding hydrogens is 1360 g/mol. The van der Waals surface area contributed by atoms with E-state index in [4.69, 9.17) is 46.4 Å². The van der Waals surface area contributed by atoms with Gasteiger partial charge in [0.05, 0.1) is 55.8 Å². The van der Waals surface area contributed by atoms with Gasteiger partial charge >= 0.3 is 5.20 Å². The Morgan fingerprint density at radius 2 is 0.777 bits per heavy atom. The first-order valence-electron chi connectivity index (χ1n) is 28.2. The van der Waals surface area contributed by atoms with Gasteiger partial charge < -0.3 is 10.3 Å². The maximum Gasteiger partial charge on any atom is 0.339 e. The van der Waals surface area contributed by atoms with E-state index in [1.807, 2.05) is 119 Å². The predicted molar refractivity (Wildman–Crippen MR) is 377 cm³/mol. The van der Waals surface area contributed by atoms with Gasteiger partial charge in [-0.25, -0.2) is 9.97 Å². The summed E-state index contributed by atoms with van der Waals surface area (Å²) in [6.45, 7) is 2.72. The third-order valence-corrected chi connectivity index (χ3v) is 15.4. The molecule has 0 aliphatic heterocycles. The SMILES string of the molecule is CCNc1ccc2nn(-c3ccc4nn(C)cc4c3)c(=O)c(-c3ccc(Cl)cc3)c2n1.Cn1cc2cc(-n3nc4ccc(=O)[nH]c4c(-c4ccc(Cl)cc4)c3=O)ccc2n1.Cn1cc2cc(-n3nc4ccc(Cl)nc4c(-c4ccc(Cl)cc4)c3=O)ccc2n1.O=P(Cl)(Cl)Cl. The second kappa shape index (κ2) is 26.8. The molecule has 15 aromatic rings. The van der Waals surface area contributed by atoms with Gasteiger partial charge in [-0.15, -0.1) is 0 Å². The van der Waals surface area contributed by atoms with Gasteiger partial charge in [0, 0.05) is 83.6 Å². The van der Waals surface area contributed by atoms with Crippen molar-refractivity contribution in [1.29, 1.82) is 0 Å². The molecule has 2 N–H and O–H groups in total. The van der Waals surface area contributed by atoms with Gasteiger partial charge in [-0.3, -0.25) is 37.8 Å². The Labute approximate surface area is 565 Å². The van der Waals surface area contributed by atoms with Crippen molar-refractivity contribution in [3.8, 4) is 50.4 Å². The van der Waals surface area contributed by atoms with Crippen LogP contribution in [0.15, 0.2) is 202 Å². The second-order valence-electron chi connectivity index (χ2n) is 21.0. The minimum atomic E-state index is -3.22. The molecule has 21 nitrogen and oxygen atoms in total. The number of pyridine rings is 3. The molecule has 9 aromatic heterocycles. The van der Waals surface area contributed by atoms with Crippen LogP contribution in [0.1, 0.15) is 6.92 Å². The lowest BCUT2D eigenvalue weighted by molar-refractivity contribution is 0.600. The number of anilines is 1. The van der Waals surface area contributed by atoms with E-state index >= 15 is 0 Å². The smallest absolute Gasteiger partial charge is 0.339 e. The van der Waals surface area contributed by atoms with Crippen LogP contribution < -0.4 is 27.6 Å². The number of fused-ring (bicyclic) bond motifs is 6. The number of rotatable bonds is 8. The zero-order valence-electron chi connectivity index (χ0n) is 49.4. The summed E-state index contributed by atoms with van der Waals surface area (Å²) in [7, 11) is 5.57. The fourth-order valence-corrected chi connectivity index (χ4v) is 11.0. The summed E-state index contributed by atoms with van der Waals surface area (Å²) >= 11 is 38.1. The first kappa shape index (κ1) is 64.6. The molecule has 9 heterocycles. The van der Waals surface area contributed by atoms with Crippen molar-refractivity contribution in [2.75, 3.05) is 11.9 Å². The molecule has 0 spiro atoms. The average Bonchev–Trinajstić information content (AvgIpc) is 1.82. The Morgan fingerprint density at radius 3 is 1.19 bits per heavy atom. The highest BCUT2D eigenvalue weighted by molar-refractivity contribution is 8.24. The van der Waals surface area contributed by atoms with Crippen LogP contribution in [0.25, 0.3) is 116 Å². The van der Waals surface area contributed by atoms with E-state index in [1.165, 1.54) is 20.1 Å². The van der Waals surface area contributed by atoms with Crippen LogP contribution in [0.5, 0.6) is 0 Å². The van der Waals surface area contributed by atoms with Gasteiger partial charge in [-0.05, 0) is 179 Å². The standard InChI is InChI=1S/C23H19ClN6O.C21H13Cl2N5O.C21H14ClN5O2.Cl3OP/c1-3-25-20-11-10-19-22(26-20)21(14-4-6-16(24)7-5-14)23(31)30(28-19)17-8-9-18-15(12-17)13-29(2)27-18;1-27-11-13-10-15(6-7-16(13)25-27)28-21(29)19(12-2-4-14(22)5-3-12)20-17(26-28)8-9-18(23)24-20;1-26-11-13-10-15(6-7-16(13)24-26)27-21(29)19(12-2-4-14(22)5-3-12)20-17(25-27)8-9-18(28)23-20;1-5(2,3)4/h4-13H,3H2,1-2H3,(H,25,26);2-11H,1H3;2-11H,1H3,(H,23,28);. The molecule has 0 saturated carbocycles. The predicted octanol–water partition coefficient (Wildman–Crippen LogP) is 15.2. The summed E-state index contributed by atoms with van der Waals surface area (Å²) in [5, 5.41) is 31.5. The van der Waals surface area contributed by atoms with Crippen molar-refractivity contribution < 1.29 is 4.57 Å². The molecule has 6 aromatic carbocycles. The number of H-pyrrole nitrogens is 1. The van der Waals surface area contributed by atoms with Gasteiger partial charge in [-0.1, -0.05) is 82.8 Å². The van der Waals surface area contributed by atoms with Crippen LogP contribution in [-0.2, 0) is 25.7 Å². The summed E-state index contributed by atoms with van der Waals surface area (Å²) in [5.41, 5.74) is 9.65. The van der Waals surface area contributed by atoms with Crippen molar-refractivity contribution >= 4 is 157 Å². The number of aromatic amines is 1. The van der Waals surface area contributed by atoms with E-state index in [2.05, 4.69) is 84.6 Å². The Balaban J connectivity index is 0.000000131. The molecule has 0 saturated heterocycles. The summed E-state index contributed by atoms with van der Waals surface area (Å²) in [5.74, 6) is 0.695. The second-order valence-corrected chi connectivity index (χ2v) is 29.3. The molecule has 0 fully saturated rings. The quantitative estimate of drug-likeness (QED) is 0.106. The number of aromatic nitrogens is 15. The number of hydrogen-bond acceptors (Lipinski definition) is 14. The summed E-state index contributed by atoms with van der Waals surface area (Å²) in [4.78, 5) is 64.3. The van der Waals surface area contributed by atoms with Crippen LogP contribution in [0.3, 0.4) is 0 Å². The van der Waals surface area contributed by atoms with Crippen LogP contribution in [0.4, 0.5) is 5.82 Å². The molecule has 0 aliphatic carbocycles. The van der Waals surface area contributed by atoms with Crippen molar-refractivity contribution in [3.05, 3.63) is 244 Å². The molecule has 0 aliphatic rings. The average molecular weight is 1410 g/mol. The monoisotopic (exact) mass is 1410 g/mol. The highest BCUT2D eigenvalue weighted by Crippen LogP contribution is 2.61. The molecule has 0 radical (unpaired) electrons. The molecule has 470 valence electrons. The topological polar surface area (TPSA) is 246 Å². The summed E-state index contributed by atoms with van der Waals surface area (Å²) < 4.78 is 18.9. The molecule has 94 heavy (non-hydrogen) atoms. The van der Waals surface area contributed by atoms with Gasteiger partial charge in [0.2, 0.25) is 5.56 Å². The van der Waals surface area contributed by atoms with E-state index in [-0.39, 0.29) is 22.2 Å². The molecule has 0 unspecified atom stereocenters. The van der Waals surface area contributed by atoms with Crippen LogP contribution in [0.2, 0.25) is 20.2 Å². The third-order valence-electron chi connectivity index (χ3n) is 14.5. The summed E-state index contributed by atoms with van der Waals surface area (Å²) in [6, 6.07) is 48.0. The normalized spacial score (nSPS) is 11.4. The van der Waals surface area contributed by atoms with E-state index in [9.17, 15) is 23.7 Å². The van der Waals surface area contributed by atoms with E-state index < -0.39 is 5.20 Å². The molecule has 0 atom stereocenters. The van der Waals surface area contributed by atoms with Crippen LogP contribution in [0, 0.1) is 0 Å². The van der Waals surface area contributed by atoms with Crippen LogP contribution in [-0.4, -0.2) is 80.2 Å². The van der Waals surface area contributed by atoms with Crippen molar-refractivity contribution in [2.24, 2.45) is 21.1 Å². The lowest BCUT2D eigenvalue weighted by atomic mass is 10.1. The van der Waals surface area contributed by atoms with Gasteiger partial charge in [0.15, 0.2) is 0 Å². The highest BCUT2D eigenvalue weighted by Gasteiger charge is 2.21. The number of benzene rings is 6. The van der Waals surface area contributed by atoms with Crippen molar-refractivity contribution in [1.82, 2.24) is 73.6 Å². The molecule has 15 rings (SSSR count). The fourth-order valence-electron chi connectivity index (χ4n) is 10.5. The molecule has 0 amide bonds. The molecule has 0 bridgehead atoms. The van der Waals surface area contributed by atoms with E-state index in [0.717, 1.165) is 44.8 Å². The molecular formula is C65H46Cl7N16O5P. The maximum absolute atomic E-state index is 13.7. The largest absolute Gasteiger partial charge is 0.370 e. The fraction of sp³-hybridized carbons (Fsp3) is 0.0769. The minimum absolute atomic E-state index is 0.251. The summed E-state index contributed by atoms with van der Waals surface area (Å²) in [6.07, 6.45) is 5.68. The van der Waals surface area contributed by atoms with Gasteiger partial charge in [-0.2, -0.15) is 44.6 Å². The van der Waals surface area contributed by atoms with Gasteiger partial charge in [0.25, 0.3) is 16.7 Å². The minimum Gasteiger partial charge on any atom is -0.370 e. The van der Waals surface area contributed by atoms with E-state index in [1.54, 1.807) is 99.0 Å². The Morgan fingerprint density at radius 1 is 0.426 bits per heavy atom. The Hall–Kier alpha value is -9.54. The van der Waals surface area contributed by atoms with Gasteiger partial charge in [0.1, 0.15) is 38.6 Å².